The first-order valence-electron chi connectivity index (χ1n) is 6.29. The summed E-state index contributed by atoms with van der Waals surface area (Å²) in [6.07, 6.45) is 6.02. The van der Waals surface area contributed by atoms with Gasteiger partial charge in [0.25, 0.3) is 0 Å². The van der Waals surface area contributed by atoms with Gasteiger partial charge in [-0.25, -0.2) is 4.39 Å². The number of benzene rings is 1. The van der Waals surface area contributed by atoms with Crippen molar-refractivity contribution in [2.24, 2.45) is 11.1 Å². The first kappa shape index (κ1) is 13.0. The van der Waals surface area contributed by atoms with Gasteiger partial charge in [-0.2, -0.15) is 0 Å². The smallest absolute Gasteiger partial charge is 0.137 e. The van der Waals surface area contributed by atoms with E-state index in [9.17, 15) is 4.39 Å². The largest absolute Gasteiger partial charge is 0.323 e. The number of nitrogens with two attached hydrogens (primary N) is 1. The lowest BCUT2D eigenvalue weighted by Gasteiger charge is -2.34. The zero-order valence-electron chi connectivity index (χ0n) is 10.2. The van der Waals surface area contributed by atoms with Gasteiger partial charge in [-0.15, -0.1) is 0 Å². The second kappa shape index (κ2) is 5.07. The number of hydrogen-bond donors (Lipinski definition) is 1. The minimum atomic E-state index is -0.224. The van der Waals surface area contributed by atoms with Crippen LogP contribution in [0.5, 0.6) is 0 Å². The van der Waals surface area contributed by atoms with E-state index in [1.807, 2.05) is 12.1 Å². The molecule has 0 saturated heterocycles. The van der Waals surface area contributed by atoms with E-state index in [0.717, 1.165) is 12.0 Å². The van der Waals surface area contributed by atoms with Gasteiger partial charge in [0.1, 0.15) is 5.82 Å². The SMILES string of the molecule is CCC1(C(N)c2ccc(F)c(Br)c2)CCCC1. The first-order valence-corrected chi connectivity index (χ1v) is 7.09. The molecule has 0 aliphatic heterocycles. The van der Waals surface area contributed by atoms with E-state index >= 15 is 0 Å². The Balaban J connectivity index is 2.29. The molecule has 2 N–H and O–H groups in total. The van der Waals surface area contributed by atoms with Gasteiger partial charge in [0.05, 0.1) is 4.47 Å². The number of hydrogen-bond acceptors (Lipinski definition) is 1. The van der Waals surface area contributed by atoms with Gasteiger partial charge in [-0.05, 0) is 58.3 Å². The summed E-state index contributed by atoms with van der Waals surface area (Å²) in [5.74, 6) is -0.224. The fourth-order valence-corrected chi connectivity index (χ4v) is 3.42. The predicted octanol–water partition coefficient (Wildman–Crippen LogP) is 4.56. The van der Waals surface area contributed by atoms with E-state index in [4.69, 9.17) is 5.73 Å². The van der Waals surface area contributed by atoms with E-state index in [-0.39, 0.29) is 17.3 Å². The Bertz CT molecular complexity index is 399. The summed E-state index contributed by atoms with van der Waals surface area (Å²) in [5.41, 5.74) is 7.68. The molecule has 94 valence electrons. The minimum absolute atomic E-state index is 0.0203. The van der Waals surface area contributed by atoms with Crippen LogP contribution in [0.25, 0.3) is 0 Å². The molecule has 17 heavy (non-hydrogen) atoms. The van der Waals surface area contributed by atoms with E-state index in [1.54, 1.807) is 0 Å². The van der Waals surface area contributed by atoms with Crippen molar-refractivity contribution in [1.29, 1.82) is 0 Å². The van der Waals surface area contributed by atoms with Crippen LogP contribution in [0.2, 0.25) is 0 Å². The highest BCUT2D eigenvalue weighted by Crippen LogP contribution is 2.49. The highest BCUT2D eigenvalue weighted by Gasteiger charge is 2.38. The van der Waals surface area contributed by atoms with Crippen LogP contribution in [-0.2, 0) is 0 Å². The molecule has 2 rings (SSSR count). The van der Waals surface area contributed by atoms with Gasteiger partial charge in [0, 0.05) is 6.04 Å². The maximum Gasteiger partial charge on any atom is 0.137 e. The van der Waals surface area contributed by atoms with Gasteiger partial charge in [0.15, 0.2) is 0 Å². The normalized spacial score (nSPS) is 20.5. The molecular formula is C14H19BrFN. The lowest BCUT2D eigenvalue weighted by Crippen LogP contribution is -2.31. The topological polar surface area (TPSA) is 26.0 Å². The zero-order valence-corrected chi connectivity index (χ0v) is 11.8. The Kier molecular flexibility index (Phi) is 3.88. The highest BCUT2D eigenvalue weighted by molar-refractivity contribution is 9.10. The molecule has 1 aliphatic carbocycles. The number of rotatable bonds is 3. The second-order valence-electron chi connectivity index (χ2n) is 5.07. The summed E-state index contributed by atoms with van der Waals surface area (Å²) in [6.45, 7) is 2.21. The van der Waals surface area contributed by atoms with Crippen LogP contribution in [0.15, 0.2) is 22.7 Å². The van der Waals surface area contributed by atoms with Crippen LogP contribution in [0.1, 0.15) is 50.6 Å². The third kappa shape index (κ3) is 2.41. The quantitative estimate of drug-likeness (QED) is 0.870. The summed E-state index contributed by atoms with van der Waals surface area (Å²) >= 11 is 3.23. The van der Waals surface area contributed by atoms with Gasteiger partial charge in [0.2, 0.25) is 0 Å². The summed E-state index contributed by atoms with van der Waals surface area (Å²) < 4.78 is 13.7. The van der Waals surface area contributed by atoms with Gasteiger partial charge >= 0.3 is 0 Å². The molecule has 1 aromatic carbocycles. The molecule has 1 nitrogen and oxygen atoms in total. The van der Waals surface area contributed by atoms with Crippen molar-refractivity contribution in [3.63, 3.8) is 0 Å². The summed E-state index contributed by atoms with van der Waals surface area (Å²) in [4.78, 5) is 0. The third-order valence-corrected chi connectivity index (χ3v) is 4.87. The summed E-state index contributed by atoms with van der Waals surface area (Å²) in [7, 11) is 0. The van der Waals surface area contributed by atoms with Crippen LogP contribution < -0.4 is 5.73 Å². The Morgan fingerprint density at radius 1 is 1.41 bits per heavy atom. The number of halogens is 2. The molecule has 1 saturated carbocycles. The Morgan fingerprint density at radius 2 is 2.06 bits per heavy atom. The average molecular weight is 300 g/mol. The third-order valence-electron chi connectivity index (χ3n) is 4.27. The highest BCUT2D eigenvalue weighted by atomic mass is 79.9. The van der Waals surface area contributed by atoms with Crippen molar-refractivity contribution in [3.8, 4) is 0 Å². The molecule has 1 unspecified atom stereocenters. The molecule has 0 bridgehead atoms. The molecule has 1 fully saturated rings. The first-order chi connectivity index (χ1) is 8.09. The summed E-state index contributed by atoms with van der Waals surface area (Å²) in [5, 5.41) is 0. The molecule has 0 spiro atoms. The van der Waals surface area contributed by atoms with Gasteiger partial charge in [-0.3, -0.25) is 0 Å². The van der Waals surface area contributed by atoms with E-state index in [0.29, 0.717) is 4.47 Å². The molecular weight excluding hydrogens is 281 g/mol. The van der Waals surface area contributed by atoms with E-state index in [1.165, 1.54) is 31.7 Å². The Hall–Kier alpha value is -0.410. The van der Waals surface area contributed by atoms with Crippen molar-refractivity contribution in [2.45, 2.75) is 45.1 Å². The monoisotopic (exact) mass is 299 g/mol. The van der Waals surface area contributed by atoms with Crippen molar-refractivity contribution in [3.05, 3.63) is 34.1 Å². The maximum atomic E-state index is 13.2. The zero-order chi connectivity index (χ0) is 12.5. The molecule has 0 radical (unpaired) electrons. The molecule has 0 heterocycles. The molecule has 0 amide bonds. The van der Waals surface area contributed by atoms with Crippen molar-refractivity contribution < 1.29 is 4.39 Å². The lowest BCUT2D eigenvalue weighted by molar-refractivity contribution is 0.222. The maximum absolute atomic E-state index is 13.2. The molecule has 0 aromatic heterocycles. The standard InChI is InChI=1S/C14H19BrFN/c1-2-14(7-3-4-8-14)13(17)10-5-6-12(16)11(15)9-10/h5-6,9,13H,2-4,7-8,17H2,1H3. The van der Waals surface area contributed by atoms with Crippen molar-refractivity contribution in [2.75, 3.05) is 0 Å². The fourth-order valence-electron chi connectivity index (χ4n) is 3.02. The van der Waals surface area contributed by atoms with Crippen LogP contribution in [0, 0.1) is 11.2 Å². The Morgan fingerprint density at radius 3 is 2.59 bits per heavy atom. The van der Waals surface area contributed by atoms with Crippen LogP contribution in [0.4, 0.5) is 4.39 Å². The van der Waals surface area contributed by atoms with Crippen molar-refractivity contribution >= 4 is 15.9 Å². The van der Waals surface area contributed by atoms with Gasteiger partial charge in [-0.1, -0.05) is 25.8 Å². The van der Waals surface area contributed by atoms with Gasteiger partial charge < -0.3 is 5.73 Å². The van der Waals surface area contributed by atoms with Crippen LogP contribution >= 0.6 is 15.9 Å². The van der Waals surface area contributed by atoms with Crippen LogP contribution in [0.3, 0.4) is 0 Å². The summed E-state index contributed by atoms with van der Waals surface area (Å²) in [6, 6.07) is 5.17. The lowest BCUT2D eigenvalue weighted by atomic mass is 9.74. The van der Waals surface area contributed by atoms with Crippen molar-refractivity contribution in [1.82, 2.24) is 0 Å². The molecule has 3 heteroatoms. The molecule has 1 aliphatic rings. The van der Waals surface area contributed by atoms with E-state index < -0.39 is 0 Å². The second-order valence-corrected chi connectivity index (χ2v) is 5.93. The molecule has 1 aromatic rings. The minimum Gasteiger partial charge on any atom is -0.323 e. The molecule has 1 atom stereocenters. The van der Waals surface area contributed by atoms with E-state index in [2.05, 4.69) is 22.9 Å². The Labute approximate surface area is 111 Å². The average Bonchev–Trinajstić information content (AvgIpc) is 2.81. The predicted molar refractivity (Wildman–Crippen MR) is 72.2 cm³/mol. The van der Waals surface area contributed by atoms with Crippen LogP contribution in [-0.4, -0.2) is 0 Å². The fraction of sp³-hybridized carbons (Fsp3) is 0.571.